The monoisotopic (exact) mass is 374 g/mol. The predicted octanol–water partition coefficient (Wildman–Crippen LogP) is 1.71. The standard InChI is InChI=1S/C21H34N4O2/c1-17(21(26)27)2-3-18-4-6-19(7-5-18)16-23-25-14-12-24(13-15-25)20-8-10-22-11-9-20/h4-7,17,20,22-23H,2-3,8-16H2,1H3,(H,26,27). The lowest BCUT2D eigenvalue weighted by molar-refractivity contribution is -0.141. The number of hydrazine groups is 1. The molecule has 2 saturated heterocycles. The SMILES string of the molecule is CC(CCc1ccc(CNN2CCN(C3CCNCC3)CC2)cc1)C(=O)O. The number of piperazine rings is 1. The van der Waals surface area contributed by atoms with Crippen LogP contribution in [-0.2, 0) is 17.8 Å². The molecule has 0 bridgehead atoms. The van der Waals surface area contributed by atoms with E-state index >= 15 is 0 Å². The molecule has 2 heterocycles. The first-order valence-electron chi connectivity index (χ1n) is 10.4. The highest BCUT2D eigenvalue weighted by molar-refractivity contribution is 5.69. The summed E-state index contributed by atoms with van der Waals surface area (Å²) in [5.41, 5.74) is 6.04. The molecular formula is C21H34N4O2. The first kappa shape index (κ1) is 20.3. The van der Waals surface area contributed by atoms with Crippen LogP contribution >= 0.6 is 0 Å². The van der Waals surface area contributed by atoms with Gasteiger partial charge in [-0.25, -0.2) is 5.01 Å². The molecule has 6 heteroatoms. The average Bonchev–Trinajstić information content (AvgIpc) is 2.72. The number of hydrogen-bond donors (Lipinski definition) is 3. The van der Waals surface area contributed by atoms with Gasteiger partial charge in [0, 0.05) is 38.8 Å². The zero-order valence-corrected chi connectivity index (χ0v) is 16.5. The number of nitrogens with one attached hydrogen (secondary N) is 2. The molecule has 0 saturated carbocycles. The second-order valence-electron chi connectivity index (χ2n) is 7.93. The van der Waals surface area contributed by atoms with Crippen LogP contribution in [0.15, 0.2) is 24.3 Å². The normalized spacial score (nSPS) is 21.2. The van der Waals surface area contributed by atoms with Gasteiger partial charge in [0.25, 0.3) is 0 Å². The summed E-state index contributed by atoms with van der Waals surface area (Å²) in [6.45, 7) is 9.40. The van der Waals surface area contributed by atoms with Crippen LogP contribution in [0.5, 0.6) is 0 Å². The third kappa shape index (κ3) is 6.28. The van der Waals surface area contributed by atoms with Crippen LogP contribution in [0.2, 0.25) is 0 Å². The number of hydrogen-bond acceptors (Lipinski definition) is 5. The lowest BCUT2D eigenvalue weighted by atomic mass is 10.0. The maximum atomic E-state index is 10.9. The van der Waals surface area contributed by atoms with Gasteiger partial charge >= 0.3 is 5.97 Å². The van der Waals surface area contributed by atoms with Crippen molar-refractivity contribution in [3.05, 3.63) is 35.4 Å². The molecule has 1 atom stereocenters. The fraction of sp³-hybridized carbons (Fsp3) is 0.667. The fourth-order valence-electron chi connectivity index (χ4n) is 3.95. The van der Waals surface area contributed by atoms with E-state index in [2.05, 4.69) is 44.9 Å². The Balaban J connectivity index is 1.36. The van der Waals surface area contributed by atoms with Crippen molar-refractivity contribution in [1.82, 2.24) is 20.7 Å². The molecule has 2 fully saturated rings. The van der Waals surface area contributed by atoms with E-state index < -0.39 is 5.97 Å². The molecule has 6 nitrogen and oxygen atoms in total. The summed E-state index contributed by atoms with van der Waals surface area (Å²) in [5, 5.41) is 14.8. The average molecular weight is 375 g/mol. The highest BCUT2D eigenvalue weighted by Gasteiger charge is 2.24. The lowest BCUT2D eigenvalue weighted by Gasteiger charge is -2.40. The van der Waals surface area contributed by atoms with Crippen molar-refractivity contribution in [2.75, 3.05) is 39.3 Å². The van der Waals surface area contributed by atoms with Crippen molar-refractivity contribution in [2.24, 2.45) is 5.92 Å². The number of carboxylic acid groups (broad SMARTS) is 1. The Morgan fingerprint density at radius 1 is 1.15 bits per heavy atom. The van der Waals surface area contributed by atoms with Crippen LogP contribution in [0, 0.1) is 5.92 Å². The molecule has 0 amide bonds. The molecule has 1 aromatic carbocycles. The second-order valence-corrected chi connectivity index (χ2v) is 7.93. The zero-order chi connectivity index (χ0) is 19.1. The summed E-state index contributed by atoms with van der Waals surface area (Å²) in [4.78, 5) is 13.6. The van der Waals surface area contributed by atoms with Gasteiger partial charge in [-0.15, -0.1) is 0 Å². The Hall–Kier alpha value is -1.47. The number of piperidine rings is 1. The van der Waals surface area contributed by atoms with E-state index in [1.54, 1.807) is 6.92 Å². The molecule has 0 radical (unpaired) electrons. The van der Waals surface area contributed by atoms with E-state index in [0.717, 1.165) is 58.3 Å². The number of benzene rings is 1. The fourth-order valence-corrected chi connectivity index (χ4v) is 3.95. The summed E-state index contributed by atoms with van der Waals surface area (Å²) in [5.74, 6) is -0.994. The molecule has 0 spiro atoms. The van der Waals surface area contributed by atoms with Crippen LogP contribution in [-0.4, -0.2) is 66.3 Å². The Bertz CT molecular complexity index is 578. The van der Waals surface area contributed by atoms with Gasteiger partial charge in [0.05, 0.1) is 5.92 Å². The number of carboxylic acids is 1. The molecule has 1 unspecified atom stereocenters. The number of rotatable bonds is 8. The van der Waals surface area contributed by atoms with Gasteiger partial charge in [0.1, 0.15) is 0 Å². The maximum absolute atomic E-state index is 10.9. The van der Waals surface area contributed by atoms with E-state index in [9.17, 15) is 4.79 Å². The largest absolute Gasteiger partial charge is 0.481 e. The topological polar surface area (TPSA) is 67.8 Å². The number of aryl methyl sites for hydroxylation is 1. The molecule has 2 aliphatic heterocycles. The van der Waals surface area contributed by atoms with Crippen molar-refractivity contribution in [2.45, 2.75) is 45.2 Å². The number of aliphatic carboxylic acids is 1. The van der Waals surface area contributed by atoms with Crippen LogP contribution in [0.1, 0.15) is 37.3 Å². The Labute approximate surface area is 162 Å². The van der Waals surface area contributed by atoms with E-state index in [4.69, 9.17) is 5.11 Å². The molecule has 0 aliphatic carbocycles. The first-order valence-corrected chi connectivity index (χ1v) is 10.4. The molecule has 0 aromatic heterocycles. The van der Waals surface area contributed by atoms with E-state index in [-0.39, 0.29) is 5.92 Å². The highest BCUT2D eigenvalue weighted by atomic mass is 16.4. The third-order valence-electron chi connectivity index (χ3n) is 5.96. The molecule has 150 valence electrons. The highest BCUT2D eigenvalue weighted by Crippen LogP contribution is 2.14. The van der Waals surface area contributed by atoms with Crippen molar-refractivity contribution in [3.8, 4) is 0 Å². The van der Waals surface area contributed by atoms with Crippen LogP contribution in [0.25, 0.3) is 0 Å². The van der Waals surface area contributed by atoms with Gasteiger partial charge < -0.3 is 10.4 Å². The zero-order valence-electron chi connectivity index (χ0n) is 16.5. The molecule has 3 rings (SSSR count). The summed E-state index contributed by atoms with van der Waals surface area (Å²) >= 11 is 0. The maximum Gasteiger partial charge on any atom is 0.306 e. The van der Waals surface area contributed by atoms with Crippen molar-refractivity contribution in [3.63, 3.8) is 0 Å². The van der Waals surface area contributed by atoms with E-state index in [1.807, 2.05) is 0 Å². The summed E-state index contributed by atoms with van der Waals surface area (Å²) in [6, 6.07) is 9.32. The summed E-state index contributed by atoms with van der Waals surface area (Å²) in [7, 11) is 0. The molecular weight excluding hydrogens is 340 g/mol. The minimum absolute atomic E-state index is 0.283. The quantitative estimate of drug-likeness (QED) is 0.644. The summed E-state index contributed by atoms with van der Waals surface area (Å²) in [6.07, 6.45) is 4.07. The van der Waals surface area contributed by atoms with Crippen LogP contribution < -0.4 is 10.7 Å². The first-order chi connectivity index (χ1) is 13.1. The van der Waals surface area contributed by atoms with Gasteiger partial charge in [-0.1, -0.05) is 31.2 Å². The van der Waals surface area contributed by atoms with Crippen molar-refractivity contribution >= 4 is 5.97 Å². The van der Waals surface area contributed by atoms with Crippen molar-refractivity contribution in [1.29, 1.82) is 0 Å². The van der Waals surface area contributed by atoms with Crippen molar-refractivity contribution < 1.29 is 9.90 Å². The third-order valence-corrected chi connectivity index (χ3v) is 5.96. The Kier molecular flexibility index (Phi) is 7.64. The van der Waals surface area contributed by atoms with Gasteiger partial charge in [-0.05, 0) is 49.9 Å². The molecule has 2 aliphatic rings. The van der Waals surface area contributed by atoms with Crippen LogP contribution in [0.3, 0.4) is 0 Å². The molecule has 1 aromatic rings. The number of carbonyl (C=O) groups is 1. The number of nitrogens with zero attached hydrogens (tertiary/aromatic N) is 2. The van der Waals surface area contributed by atoms with E-state index in [0.29, 0.717) is 6.42 Å². The molecule has 27 heavy (non-hydrogen) atoms. The van der Waals surface area contributed by atoms with Crippen LogP contribution in [0.4, 0.5) is 0 Å². The second kappa shape index (κ2) is 10.2. The Morgan fingerprint density at radius 2 is 1.78 bits per heavy atom. The van der Waals surface area contributed by atoms with E-state index in [1.165, 1.54) is 24.0 Å². The molecule has 3 N–H and O–H groups in total. The summed E-state index contributed by atoms with van der Waals surface area (Å²) < 4.78 is 0. The minimum atomic E-state index is -0.712. The van der Waals surface area contributed by atoms with Gasteiger partial charge in [-0.3, -0.25) is 15.1 Å². The van der Waals surface area contributed by atoms with Gasteiger partial charge in [-0.2, -0.15) is 0 Å². The Morgan fingerprint density at radius 3 is 2.41 bits per heavy atom. The smallest absolute Gasteiger partial charge is 0.306 e. The van der Waals surface area contributed by atoms with Gasteiger partial charge in [0.15, 0.2) is 0 Å². The minimum Gasteiger partial charge on any atom is -0.481 e. The lowest BCUT2D eigenvalue weighted by Crippen LogP contribution is -2.55. The van der Waals surface area contributed by atoms with Gasteiger partial charge in [0.2, 0.25) is 0 Å². The predicted molar refractivity (Wildman–Crippen MR) is 107 cm³/mol.